The van der Waals surface area contributed by atoms with Gasteiger partial charge in [0, 0.05) is 41.3 Å². The van der Waals surface area contributed by atoms with E-state index in [1.165, 1.54) is 6.07 Å². The molecule has 2 fully saturated rings. The molecule has 1 aliphatic carbocycles. The molecule has 2 aliphatic rings. The highest BCUT2D eigenvalue weighted by atomic mass is 35.5. The summed E-state index contributed by atoms with van der Waals surface area (Å²) in [6, 6.07) is 8.72. The number of hydrogen-bond acceptors (Lipinski definition) is 5. The van der Waals surface area contributed by atoms with Crippen LogP contribution in [0.4, 0.5) is 13.2 Å². The quantitative estimate of drug-likeness (QED) is 0.488. The highest BCUT2D eigenvalue weighted by molar-refractivity contribution is 6.31. The van der Waals surface area contributed by atoms with E-state index in [0.717, 1.165) is 31.5 Å². The normalized spacial score (nSPS) is 21.6. The van der Waals surface area contributed by atoms with Gasteiger partial charge in [-0.1, -0.05) is 11.6 Å². The number of piperidine rings is 1. The molecule has 0 N–H and O–H groups in total. The first kappa shape index (κ1) is 22.6. The number of benzene rings is 1. The lowest BCUT2D eigenvalue weighted by molar-refractivity contribution is -0.137. The Bertz CT molecular complexity index is 1190. The van der Waals surface area contributed by atoms with Gasteiger partial charge >= 0.3 is 6.18 Å². The van der Waals surface area contributed by atoms with Crippen molar-refractivity contribution in [2.24, 2.45) is 5.92 Å². The van der Waals surface area contributed by atoms with E-state index in [-0.39, 0.29) is 30.5 Å². The Morgan fingerprint density at radius 3 is 2.62 bits per heavy atom. The summed E-state index contributed by atoms with van der Waals surface area (Å²) in [6.07, 6.45) is 2.11. The summed E-state index contributed by atoms with van der Waals surface area (Å²) in [5, 5.41) is 0.425. The maximum absolute atomic E-state index is 13.8. The Morgan fingerprint density at radius 2 is 1.91 bits per heavy atom. The van der Waals surface area contributed by atoms with Crippen molar-refractivity contribution >= 4 is 17.5 Å². The van der Waals surface area contributed by atoms with Crippen LogP contribution in [0.1, 0.15) is 35.2 Å². The van der Waals surface area contributed by atoms with E-state index in [2.05, 4.69) is 15.0 Å². The molecule has 2 aromatic heterocycles. The summed E-state index contributed by atoms with van der Waals surface area (Å²) in [5.41, 5.74) is 0.150. The molecule has 0 bridgehead atoms. The smallest absolute Gasteiger partial charge is 0.417 e. The SMILES string of the molecule is O=C(c1cc(Cl)ccc1-c1ncccn1)N1[C@H](COc2ccc(C(F)(F)F)cn2)CC[C@H]2C[C@H]21. The van der Waals surface area contributed by atoms with Crippen LogP contribution in [0.2, 0.25) is 5.02 Å². The second-order valence-electron chi connectivity index (χ2n) is 8.46. The average molecular weight is 489 g/mol. The van der Waals surface area contributed by atoms with E-state index in [0.29, 0.717) is 27.9 Å². The van der Waals surface area contributed by atoms with E-state index in [1.54, 1.807) is 36.7 Å². The fraction of sp³-hybridized carbons (Fsp3) is 0.333. The molecule has 0 spiro atoms. The molecule has 34 heavy (non-hydrogen) atoms. The Labute approximate surface area is 198 Å². The van der Waals surface area contributed by atoms with Crippen molar-refractivity contribution in [1.29, 1.82) is 0 Å². The molecule has 3 atom stereocenters. The zero-order chi connectivity index (χ0) is 23.9. The Morgan fingerprint density at radius 1 is 1.12 bits per heavy atom. The summed E-state index contributed by atoms with van der Waals surface area (Å²) in [6.45, 7) is 0.130. The number of alkyl halides is 3. The predicted octanol–water partition coefficient (Wildman–Crippen LogP) is 5.28. The van der Waals surface area contributed by atoms with E-state index >= 15 is 0 Å². The van der Waals surface area contributed by atoms with Crippen LogP contribution in [0.5, 0.6) is 5.88 Å². The molecule has 1 amide bonds. The number of carbonyl (C=O) groups excluding carboxylic acids is 1. The van der Waals surface area contributed by atoms with Crippen LogP contribution in [0.15, 0.2) is 55.0 Å². The molecule has 1 aromatic carbocycles. The van der Waals surface area contributed by atoms with Crippen molar-refractivity contribution in [1.82, 2.24) is 19.9 Å². The number of fused-ring (bicyclic) bond motifs is 1. The molecule has 3 heterocycles. The number of carbonyl (C=O) groups is 1. The van der Waals surface area contributed by atoms with Crippen LogP contribution in [-0.2, 0) is 6.18 Å². The third kappa shape index (κ3) is 4.57. The topological polar surface area (TPSA) is 68.2 Å². The average Bonchev–Trinajstić information content (AvgIpc) is 3.62. The van der Waals surface area contributed by atoms with Crippen LogP contribution in [-0.4, -0.2) is 44.4 Å². The van der Waals surface area contributed by atoms with Crippen LogP contribution >= 0.6 is 11.6 Å². The Hall–Kier alpha value is -3.20. The lowest BCUT2D eigenvalue weighted by Gasteiger charge is -2.36. The van der Waals surface area contributed by atoms with Crippen LogP contribution in [0.25, 0.3) is 11.4 Å². The van der Waals surface area contributed by atoms with Crippen molar-refractivity contribution in [2.45, 2.75) is 37.5 Å². The highest BCUT2D eigenvalue weighted by Gasteiger charge is 2.50. The molecule has 1 aliphatic heterocycles. The number of halogens is 4. The van der Waals surface area contributed by atoms with Crippen LogP contribution < -0.4 is 4.74 Å². The van der Waals surface area contributed by atoms with Gasteiger partial charge in [0.25, 0.3) is 5.91 Å². The maximum Gasteiger partial charge on any atom is 0.417 e. The monoisotopic (exact) mass is 488 g/mol. The molecule has 1 saturated carbocycles. The van der Waals surface area contributed by atoms with Crippen molar-refractivity contribution in [3.8, 4) is 17.3 Å². The van der Waals surface area contributed by atoms with Crippen LogP contribution in [0, 0.1) is 5.92 Å². The van der Waals surface area contributed by atoms with Gasteiger partial charge in [0.1, 0.15) is 6.61 Å². The van der Waals surface area contributed by atoms with E-state index in [4.69, 9.17) is 16.3 Å². The summed E-state index contributed by atoms with van der Waals surface area (Å²) in [5.74, 6) is 0.763. The van der Waals surface area contributed by atoms with Gasteiger partial charge in [0.05, 0.1) is 17.2 Å². The number of hydrogen-bond donors (Lipinski definition) is 0. The second-order valence-corrected chi connectivity index (χ2v) is 8.90. The Kier molecular flexibility index (Phi) is 5.89. The minimum Gasteiger partial charge on any atom is -0.475 e. The first-order valence-electron chi connectivity index (χ1n) is 10.9. The van der Waals surface area contributed by atoms with Gasteiger partial charge in [-0.25, -0.2) is 15.0 Å². The van der Waals surface area contributed by atoms with Crippen molar-refractivity contribution < 1.29 is 22.7 Å². The van der Waals surface area contributed by atoms with Gasteiger partial charge in [-0.2, -0.15) is 13.2 Å². The van der Waals surface area contributed by atoms with E-state index in [9.17, 15) is 18.0 Å². The highest BCUT2D eigenvalue weighted by Crippen LogP contribution is 2.46. The number of amides is 1. The fourth-order valence-corrected chi connectivity index (χ4v) is 4.63. The lowest BCUT2D eigenvalue weighted by Crippen LogP contribution is -2.48. The predicted molar refractivity (Wildman–Crippen MR) is 118 cm³/mol. The molecule has 3 aromatic rings. The molecule has 5 rings (SSSR count). The first-order valence-corrected chi connectivity index (χ1v) is 11.2. The molecule has 1 saturated heterocycles. The minimum absolute atomic E-state index is 0.0828. The number of nitrogens with zero attached hydrogens (tertiary/aromatic N) is 4. The lowest BCUT2D eigenvalue weighted by atomic mass is 9.99. The standard InChI is InChI=1S/C24H20ClF3N4O2/c25-16-4-6-18(22-29-8-1-9-30-22)19(11-16)23(33)32-17(5-2-14-10-20(14)32)13-34-21-7-3-15(12-31-21)24(26,27)28/h1,3-4,6-9,11-12,14,17,20H,2,5,10,13H2/t14-,17-,20+/m0/s1. The third-order valence-electron chi connectivity index (χ3n) is 6.25. The summed E-state index contributed by atoms with van der Waals surface area (Å²) in [4.78, 5) is 27.9. The summed E-state index contributed by atoms with van der Waals surface area (Å²) >= 11 is 6.23. The van der Waals surface area contributed by atoms with Gasteiger partial charge in [0.15, 0.2) is 5.82 Å². The molecule has 10 heteroatoms. The summed E-state index contributed by atoms with van der Waals surface area (Å²) in [7, 11) is 0. The van der Waals surface area contributed by atoms with Crippen LogP contribution in [0.3, 0.4) is 0 Å². The van der Waals surface area contributed by atoms with Crippen molar-refractivity contribution in [3.05, 3.63) is 71.1 Å². The van der Waals surface area contributed by atoms with E-state index < -0.39 is 11.7 Å². The second kappa shape index (κ2) is 8.87. The third-order valence-corrected chi connectivity index (χ3v) is 6.48. The number of likely N-dealkylation sites (tertiary alicyclic amines) is 1. The minimum atomic E-state index is -4.46. The fourth-order valence-electron chi connectivity index (χ4n) is 4.46. The molecule has 0 radical (unpaired) electrons. The van der Waals surface area contributed by atoms with Crippen molar-refractivity contribution in [2.75, 3.05) is 6.61 Å². The van der Waals surface area contributed by atoms with Crippen molar-refractivity contribution in [3.63, 3.8) is 0 Å². The molecular weight excluding hydrogens is 469 g/mol. The van der Waals surface area contributed by atoms with Gasteiger partial charge in [-0.15, -0.1) is 0 Å². The van der Waals surface area contributed by atoms with Gasteiger partial charge in [-0.05, 0) is 55.5 Å². The molecular formula is C24H20ClF3N4O2. The maximum atomic E-state index is 13.8. The number of ether oxygens (including phenoxy) is 1. The van der Waals surface area contributed by atoms with E-state index in [1.807, 2.05) is 4.90 Å². The molecule has 176 valence electrons. The molecule has 6 nitrogen and oxygen atoms in total. The number of rotatable bonds is 5. The van der Waals surface area contributed by atoms with Gasteiger partial charge in [0.2, 0.25) is 5.88 Å². The van der Waals surface area contributed by atoms with Gasteiger partial charge < -0.3 is 9.64 Å². The Balaban J connectivity index is 1.38. The van der Waals surface area contributed by atoms with Gasteiger partial charge in [-0.3, -0.25) is 4.79 Å². The summed E-state index contributed by atoms with van der Waals surface area (Å²) < 4.78 is 44.1. The number of pyridine rings is 1. The zero-order valence-corrected chi connectivity index (χ0v) is 18.6. The molecule has 0 unspecified atom stereocenters. The number of aromatic nitrogens is 3. The largest absolute Gasteiger partial charge is 0.475 e. The first-order chi connectivity index (χ1) is 16.3. The zero-order valence-electron chi connectivity index (χ0n) is 17.9.